The number of hydrogen-bond donors (Lipinski definition) is 3. The molecule has 0 aromatic heterocycles. The monoisotopic (exact) mass is 172 g/mol. The third-order valence-corrected chi connectivity index (χ3v) is 1.06. The van der Waals surface area contributed by atoms with Gasteiger partial charge in [-0.05, 0) is 12.1 Å². The van der Waals surface area contributed by atoms with Crippen LogP contribution in [0.5, 0.6) is 5.75 Å². The molecule has 7 N–H and O–H groups in total. The quantitative estimate of drug-likeness (QED) is 0.291. The highest BCUT2D eigenvalue weighted by atomic mass is 16.3. The Labute approximate surface area is 69.9 Å². The molecule has 0 saturated heterocycles. The van der Waals surface area contributed by atoms with Crippen molar-refractivity contribution in [2.24, 2.45) is 11.7 Å². The van der Waals surface area contributed by atoms with Gasteiger partial charge in [-0.15, -0.1) is 0 Å². The van der Waals surface area contributed by atoms with E-state index in [1.807, 2.05) is 0 Å². The fourth-order valence-corrected chi connectivity index (χ4v) is 0.587. The molecule has 0 aliphatic rings. The average molecular weight is 172 g/mol. The maximum atomic E-state index is 10.1. The molecule has 12 heavy (non-hydrogen) atoms. The molecule has 0 amide bonds. The SMILES string of the molecule is NN.O.O=Cc1ccccc1O. The summed E-state index contributed by atoms with van der Waals surface area (Å²) in [6, 6.07) is 6.40. The Bertz CT molecular complexity index is 228. The van der Waals surface area contributed by atoms with Crippen LogP contribution in [0.1, 0.15) is 10.4 Å². The second-order valence-electron chi connectivity index (χ2n) is 1.68. The number of carbonyl (C=O) groups excluding carboxylic acids is 1. The number of phenolic OH excluding ortho intramolecular Hbond substituents is 1. The maximum Gasteiger partial charge on any atom is 0.153 e. The standard InChI is InChI=1S/C7H6O2.H4N2.H2O/c8-5-6-3-1-2-4-7(6)9;1-2;/h1-5,9H;1-2H2;1H2. The minimum absolute atomic E-state index is 0. The molecule has 0 fully saturated rings. The van der Waals surface area contributed by atoms with Crippen LogP contribution in [0.2, 0.25) is 0 Å². The summed E-state index contributed by atoms with van der Waals surface area (Å²) in [5.41, 5.74) is 0.331. The largest absolute Gasteiger partial charge is 0.507 e. The molecule has 0 unspecified atom stereocenters. The number of carbonyl (C=O) groups is 1. The lowest BCUT2D eigenvalue weighted by Gasteiger charge is -1.91. The van der Waals surface area contributed by atoms with E-state index in [9.17, 15) is 4.79 Å². The Morgan fingerprint density at radius 3 is 2.08 bits per heavy atom. The van der Waals surface area contributed by atoms with Gasteiger partial charge in [-0.25, -0.2) is 0 Å². The summed E-state index contributed by atoms with van der Waals surface area (Å²) in [5.74, 6) is 8.03. The Hall–Kier alpha value is -1.43. The molecule has 0 saturated carbocycles. The van der Waals surface area contributed by atoms with Gasteiger partial charge in [-0.3, -0.25) is 16.5 Å². The molecule has 0 aliphatic heterocycles. The van der Waals surface area contributed by atoms with Crippen molar-refractivity contribution in [3.05, 3.63) is 29.8 Å². The summed E-state index contributed by atoms with van der Waals surface area (Å²) >= 11 is 0. The predicted octanol–water partition coefficient (Wildman–Crippen LogP) is -0.801. The molecule has 68 valence electrons. The number of phenols is 1. The van der Waals surface area contributed by atoms with Crippen molar-refractivity contribution in [3.63, 3.8) is 0 Å². The molecular formula is C7H12N2O3. The number of nitrogens with two attached hydrogens (primary N) is 2. The van der Waals surface area contributed by atoms with Crippen LogP contribution in [-0.2, 0) is 0 Å². The number of rotatable bonds is 1. The third kappa shape index (κ3) is 3.67. The zero-order chi connectivity index (χ0) is 8.69. The molecule has 5 nitrogen and oxygen atoms in total. The van der Waals surface area contributed by atoms with Gasteiger partial charge in [0.15, 0.2) is 6.29 Å². The van der Waals surface area contributed by atoms with E-state index in [4.69, 9.17) is 5.11 Å². The fourth-order valence-electron chi connectivity index (χ4n) is 0.587. The molecule has 0 radical (unpaired) electrons. The molecule has 0 aliphatic carbocycles. The van der Waals surface area contributed by atoms with Crippen molar-refractivity contribution in [1.82, 2.24) is 0 Å². The number of para-hydroxylation sites is 1. The first-order valence-electron chi connectivity index (χ1n) is 2.91. The van der Waals surface area contributed by atoms with E-state index >= 15 is 0 Å². The number of hydrogen-bond acceptors (Lipinski definition) is 4. The molecule has 1 rings (SSSR count). The highest BCUT2D eigenvalue weighted by Crippen LogP contribution is 2.11. The predicted molar refractivity (Wildman–Crippen MR) is 45.5 cm³/mol. The molecular weight excluding hydrogens is 160 g/mol. The van der Waals surface area contributed by atoms with Gasteiger partial charge < -0.3 is 10.6 Å². The minimum atomic E-state index is 0. The number of aldehydes is 1. The van der Waals surface area contributed by atoms with E-state index in [-0.39, 0.29) is 11.2 Å². The average Bonchev–Trinajstić information content (AvgIpc) is 2.09. The molecule has 0 bridgehead atoms. The molecule has 1 aromatic rings. The van der Waals surface area contributed by atoms with Gasteiger partial charge in [0.25, 0.3) is 0 Å². The van der Waals surface area contributed by atoms with Crippen LogP contribution in [0.4, 0.5) is 0 Å². The Morgan fingerprint density at radius 2 is 1.75 bits per heavy atom. The van der Waals surface area contributed by atoms with Crippen LogP contribution in [0.25, 0.3) is 0 Å². The van der Waals surface area contributed by atoms with E-state index in [1.54, 1.807) is 18.2 Å². The van der Waals surface area contributed by atoms with Crippen molar-refractivity contribution in [1.29, 1.82) is 0 Å². The van der Waals surface area contributed by atoms with Gasteiger partial charge in [-0.1, -0.05) is 12.1 Å². The van der Waals surface area contributed by atoms with Gasteiger partial charge in [0.05, 0.1) is 5.56 Å². The van der Waals surface area contributed by atoms with Crippen molar-refractivity contribution in [3.8, 4) is 5.75 Å². The molecule has 5 heteroatoms. The summed E-state index contributed by atoms with van der Waals surface area (Å²) in [7, 11) is 0. The molecule has 0 heterocycles. The minimum Gasteiger partial charge on any atom is -0.507 e. The first-order chi connectivity index (χ1) is 5.34. The first-order valence-corrected chi connectivity index (χ1v) is 2.91. The Kier molecular flexibility index (Phi) is 8.43. The summed E-state index contributed by atoms with van der Waals surface area (Å²) in [6.45, 7) is 0. The highest BCUT2D eigenvalue weighted by molar-refractivity contribution is 5.78. The van der Waals surface area contributed by atoms with E-state index in [1.165, 1.54) is 6.07 Å². The maximum absolute atomic E-state index is 10.1. The summed E-state index contributed by atoms with van der Waals surface area (Å²) in [5, 5.41) is 8.88. The topological polar surface area (TPSA) is 121 Å². The van der Waals surface area contributed by atoms with Crippen molar-refractivity contribution in [2.75, 3.05) is 0 Å². The molecule has 0 spiro atoms. The fraction of sp³-hybridized carbons (Fsp3) is 0. The van der Waals surface area contributed by atoms with E-state index in [2.05, 4.69) is 11.7 Å². The normalized spacial score (nSPS) is 7.17. The second-order valence-corrected chi connectivity index (χ2v) is 1.68. The lowest BCUT2D eigenvalue weighted by atomic mass is 10.2. The number of hydrazine groups is 1. The second kappa shape index (κ2) is 7.67. The lowest BCUT2D eigenvalue weighted by Crippen LogP contribution is -2.02. The van der Waals surface area contributed by atoms with E-state index < -0.39 is 0 Å². The van der Waals surface area contributed by atoms with Gasteiger partial charge in [0.1, 0.15) is 5.75 Å². The molecule has 0 atom stereocenters. The summed E-state index contributed by atoms with van der Waals surface area (Å²) in [4.78, 5) is 10.1. The van der Waals surface area contributed by atoms with Gasteiger partial charge >= 0.3 is 0 Å². The Morgan fingerprint density at radius 1 is 1.25 bits per heavy atom. The zero-order valence-corrected chi connectivity index (χ0v) is 6.40. The van der Waals surface area contributed by atoms with Crippen molar-refractivity contribution >= 4 is 6.29 Å². The number of aromatic hydroxyl groups is 1. The van der Waals surface area contributed by atoms with Gasteiger partial charge in [0, 0.05) is 0 Å². The van der Waals surface area contributed by atoms with Crippen LogP contribution in [0, 0.1) is 0 Å². The summed E-state index contributed by atoms with van der Waals surface area (Å²) in [6.07, 6.45) is 0.620. The van der Waals surface area contributed by atoms with E-state index in [0.717, 1.165) is 0 Å². The van der Waals surface area contributed by atoms with Crippen molar-refractivity contribution in [2.45, 2.75) is 0 Å². The molecule has 1 aromatic carbocycles. The third-order valence-electron chi connectivity index (χ3n) is 1.06. The van der Waals surface area contributed by atoms with Crippen LogP contribution in [0.3, 0.4) is 0 Å². The van der Waals surface area contributed by atoms with Crippen LogP contribution < -0.4 is 11.7 Å². The lowest BCUT2D eigenvalue weighted by molar-refractivity contribution is 0.112. The van der Waals surface area contributed by atoms with Gasteiger partial charge in [0.2, 0.25) is 0 Å². The number of benzene rings is 1. The van der Waals surface area contributed by atoms with Crippen LogP contribution in [0.15, 0.2) is 24.3 Å². The van der Waals surface area contributed by atoms with Crippen LogP contribution in [-0.4, -0.2) is 16.9 Å². The first kappa shape index (κ1) is 13.2. The zero-order valence-electron chi connectivity index (χ0n) is 6.40. The van der Waals surface area contributed by atoms with Gasteiger partial charge in [-0.2, -0.15) is 0 Å². The smallest absolute Gasteiger partial charge is 0.153 e. The highest BCUT2D eigenvalue weighted by Gasteiger charge is 1.93. The summed E-state index contributed by atoms with van der Waals surface area (Å²) < 4.78 is 0. The van der Waals surface area contributed by atoms with Crippen LogP contribution >= 0.6 is 0 Å². The van der Waals surface area contributed by atoms with Crippen molar-refractivity contribution < 1.29 is 15.4 Å². The Balaban J connectivity index is 0. The van der Waals surface area contributed by atoms with E-state index in [0.29, 0.717) is 11.8 Å².